The zero-order valence-electron chi connectivity index (χ0n) is 11.5. The number of aliphatic hydroxyl groups is 2. The first-order valence-corrected chi connectivity index (χ1v) is 6.55. The number of guanidine groups is 2. The number of nitrogens with two attached hydrogens (primary N) is 3. The summed E-state index contributed by atoms with van der Waals surface area (Å²) in [6.45, 7) is -0.304. The van der Waals surface area contributed by atoms with Crippen LogP contribution in [-0.4, -0.2) is 74.5 Å². The van der Waals surface area contributed by atoms with Gasteiger partial charge in [-0.15, -0.1) is 0 Å². The van der Waals surface area contributed by atoms with Crippen LogP contribution in [0.4, 0.5) is 4.79 Å². The molecule has 3 aliphatic rings. The van der Waals surface area contributed by atoms with E-state index >= 15 is 0 Å². The van der Waals surface area contributed by atoms with Crippen LogP contribution in [0.5, 0.6) is 0 Å². The zero-order valence-corrected chi connectivity index (χ0v) is 11.5. The van der Waals surface area contributed by atoms with Gasteiger partial charge in [0.1, 0.15) is 12.6 Å². The Labute approximate surface area is 124 Å². The Kier molecular flexibility index (Phi) is 2.81. The predicted octanol–water partition coefficient (Wildman–Crippen LogP) is -4.34. The van der Waals surface area contributed by atoms with E-state index in [-0.39, 0.29) is 24.9 Å². The maximum absolute atomic E-state index is 12.3. The van der Waals surface area contributed by atoms with Gasteiger partial charge in [0.2, 0.25) is 11.4 Å². The lowest BCUT2D eigenvalue weighted by molar-refractivity contribution is -0.529. The van der Waals surface area contributed by atoms with Gasteiger partial charge in [0.25, 0.3) is 0 Å². The molecule has 22 heavy (non-hydrogen) atoms. The first-order valence-electron chi connectivity index (χ1n) is 6.55. The smallest absolute Gasteiger partial charge is 0.404 e. The Morgan fingerprint density at radius 3 is 2.91 bits per heavy atom. The van der Waals surface area contributed by atoms with Gasteiger partial charge >= 0.3 is 12.1 Å². The summed E-state index contributed by atoms with van der Waals surface area (Å²) in [5, 5.41) is 35.8. The number of rotatable bonds is 2. The second-order valence-corrected chi connectivity index (χ2v) is 5.45. The van der Waals surface area contributed by atoms with Crippen LogP contribution in [0.3, 0.4) is 0 Å². The average molecular weight is 315 g/mol. The van der Waals surface area contributed by atoms with Crippen LogP contribution in [0.1, 0.15) is 6.42 Å². The van der Waals surface area contributed by atoms with Crippen molar-refractivity contribution in [2.24, 2.45) is 22.2 Å². The number of hydrogen-bond donors (Lipinski definition) is 6. The van der Waals surface area contributed by atoms with Crippen molar-refractivity contribution in [3.63, 3.8) is 0 Å². The Morgan fingerprint density at radius 2 is 2.27 bits per heavy atom. The van der Waals surface area contributed by atoms with Crippen LogP contribution in [0.15, 0.2) is 4.99 Å². The van der Waals surface area contributed by atoms with Crippen LogP contribution < -0.4 is 22.5 Å². The minimum absolute atomic E-state index is 0.0722. The lowest BCUT2D eigenvalue weighted by Gasteiger charge is -2.47. The second-order valence-electron chi connectivity index (χ2n) is 5.45. The first-order chi connectivity index (χ1) is 10.2. The van der Waals surface area contributed by atoms with Gasteiger partial charge in [0.15, 0.2) is 12.0 Å². The molecule has 0 aromatic carbocycles. The maximum Gasteiger partial charge on any atom is 0.404 e. The largest absolute Gasteiger partial charge is 0.744 e. The van der Waals surface area contributed by atoms with Crippen molar-refractivity contribution in [1.29, 1.82) is 0 Å². The molecule has 3 atom stereocenters. The molecular weight excluding hydrogens is 298 g/mol. The molecule has 3 heterocycles. The third-order valence-corrected chi connectivity index (χ3v) is 4.31. The highest BCUT2D eigenvalue weighted by Gasteiger charge is 2.73. The van der Waals surface area contributed by atoms with E-state index < -0.39 is 36.2 Å². The van der Waals surface area contributed by atoms with E-state index in [0.717, 1.165) is 0 Å². The van der Waals surface area contributed by atoms with Gasteiger partial charge < -0.3 is 36.9 Å². The molecule has 0 unspecified atom stereocenters. The SMILES string of the molecule is NC(=O)OC[C@H]1[C@@H]2N=C(N)N[C@]23N(CCC3(O)O)C(N)=[N+]1[O-]. The molecule has 0 radical (unpaired) electrons. The van der Waals surface area contributed by atoms with Crippen LogP contribution in [-0.2, 0) is 4.74 Å². The van der Waals surface area contributed by atoms with Crippen LogP contribution in [0.2, 0.25) is 0 Å². The van der Waals surface area contributed by atoms with Gasteiger partial charge in [0.05, 0.1) is 6.54 Å². The molecule has 1 spiro atoms. The van der Waals surface area contributed by atoms with Crippen molar-refractivity contribution in [1.82, 2.24) is 10.2 Å². The molecule has 9 N–H and O–H groups in total. The summed E-state index contributed by atoms with van der Waals surface area (Å²) in [5.41, 5.74) is 14.8. The van der Waals surface area contributed by atoms with E-state index in [0.29, 0.717) is 4.74 Å². The number of nitrogens with one attached hydrogen (secondary N) is 1. The van der Waals surface area contributed by atoms with Crippen LogP contribution in [0.25, 0.3) is 0 Å². The molecule has 0 aromatic heterocycles. The van der Waals surface area contributed by atoms with Crippen molar-refractivity contribution >= 4 is 18.0 Å². The number of primary amides is 1. The third-order valence-electron chi connectivity index (χ3n) is 4.31. The summed E-state index contributed by atoms with van der Waals surface area (Å²) < 4.78 is 5.08. The summed E-state index contributed by atoms with van der Waals surface area (Å²) in [7, 11) is 0. The van der Waals surface area contributed by atoms with Crippen LogP contribution in [0, 0.1) is 5.21 Å². The Balaban J connectivity index is 2.08. The number of aliphatic imine (C=N–C) groups is 1. The van der Waals surface area contributed by atoms with Crippen molar-refractivity contribution in [2.75, 3.05) is 13.2 Å². The number of hydrogen-bond acceptors (Lipinski definition) is 10. The van der Waals surface area contributed by atoms with E-state index in [2.05, 4.69) is 15.0 Å². The highest BCUT2D eigenvalue weighted by Crippen LogP contribution is 2.44. The third kappa shape index (κ3) is 1.61. The topological polar surface area (TPSA) is 199 Å². The molecule has 3 aliphatic heterocycles. The normalized spacial score (nSPS) is 35.5. The van der Waals surface area contributed by atoms with E-state index in [1.165, 1.54) is 4.90 Å². The molecule has 12 heteroatoms. The van der Waals surface area contributed by atoms with E-state index in [1.807, 2.05) is 0 Å². The number of carbonyl (C=O) groups is 1. The molecule has 3 rings (SSSR count). The number of ether oxygens (including phenoxy) is 1. The number of carbonyl (C=O) groups excluding carboxylic acids is 1. The van der Waals surface area contributed by atoms with Gasteiger partial charge in [-0.05, 0) is 0 Å². The highest BCUT2D eigenvalue weighted by molar-refractivity contribution is 5.85. The molecule has 122 valence electrons. The molecular formula is C10H17N7O5. The molecule has 1 saturated heterocycles. The zero-order chi connectivity index (χ0) is 16.3. The fraction of sp³-hybridized carbons (Fsp3) is 0.700. The minimum atomic E-state index is -2.24. The molecule has 0 bridgehead atoms. The molecule has 0 aliphatic carbocycles. The van der Waals surface area contributed by atoms with Gasteiger partial charge in [-0.1, -0.05) is 0 Å². The van der Waals surface area contributed by atoms with Gasteiger partial charge in [-0.2, -0.15) is 0 Å². The predicted molar refractivity (Wildman–Crippen MR) is 71.9 cm³/mol. The summed E-state index contributed by atoms with van der Waals surface area (Å²) >= 11 is 0. The number of hydroxylamine groups is 1. The summed E-state index contributed by atoms with van der Waals surface area (Å²) in [4.78, 5) is 16.2. The quantitative estimate of drug-likeness (QED) is 0.165. The monoisotopic (exact) mass is 315 g/mol. The minimum Gasteiger partial charge on any atom is -0.744 e. The van der Waals surface area contributed by atoms with Gasteiger partial charge in [-0.3, -0.25) is 10.5 Å². The van der Waals surface area contributed by atoms with Crippen molar-refractivity contribution in [3.05, 3.63) is 5.21 Å². The van der Waals surface area contributed by atoms with Crippen molar-refractivity contribution in [3.8, 4) is 0 Å². The lowest BCUT2D eigenvalue weighted by Crippen LogP contribution is -2.79. The van der Waals surface area contributed by atoms with Gasteiger partial charge in [-0.25, -0.2) is 14.7 Å². The Hall–Kier alpha value is -2.47. The van der Waals surface area contributed by atoms with Crippen molar-refractivity contribution in [2.45, 2.75) is 30.0 Å². The summed E-state index contributed by atoms with van der Waals surface area (Å²) in [6, 6.07) is -2.12. The second kappa shape index (κ2) is 4.27. The molecule has 12 nitrogen and oxygen atoms in total. The summed E-state index contributed by atoms with van der Waals surface area (Å²) in [6.07, 6.45) is -1.14. The first kappa shape index (κ1) is 14.5. The van der Waals surface area contributed by atoms with Gasteiger partial charge in [0, 0.05) is 6.42 Å². The van der Waals surface area contributed by atoms with Crippen molar-refractivity contribution < 1.29 is 24.5 Å². The van der Waals surface area contributed by atoms with E-state index in [1.54, 1.807) is 0 Å². The van der Waals surface area contributed by atoms with E-state index in [4.69, 9.17) is 17.2 Å². The fourth-order valence-electron chi connectivity index (χ4n) is 3.36. The molecule has 1 fully saturated rings. The summed E-state index contributed by atoms with van der Waals surface area (Å²) in [5.74, 6) is -2.56. The average Bonchev–Trinajstić information content (AvgIpc) is 2.89. The molecule has 1 amide bonds. The van der Waals surface area contributed by atoms with Crippen LogP contribution >= 0.6 is 0 Å². The standard InChI is InChI=1S/C10H17N7O5/c11-6-14-5-4(3-22-8(13)18)17(21)7(12)16-2-1-9(19,20)10(5,16)15-6/h4-5,19-20H,1-3,12H2,(H2,13,18)(H3,11,14,15)/t4-,5-,10-/m0/s1. The fourth-order valence-corrected chi connectivity index (χ4v) is 3.36. The maximum atomic E-state index is 12.3. The number of amides is 1. The Morgan fingerprint density at radius 1 is 1.59 bits per heavy atom. The number of nitrogens with zero attached hydrogens (tertiary/aromatic N) is 3. The molecule has 0 saturated carbocycles. The lowest BCUT2D eigenvalue weighted by atomic mass is 9.86. The highest BCUT2D eigenvalue weighted by atomic mass is 16.6. The van der Waals surface area contributed by atoms with E-state index in [9.17, 15) is 20.2 Å². The molecule has 0 aromatic rings. The Bertz CT molecular complexity index is 590.